The number of phenols is 2. The van der Waals surface area contributed by atoms with Crippen molar-refractivity contribution in [3.63, 3.8) is 0 Å². The minimum absolute atomic E-state index is 0.0615. The fourth-order valence-corrected chi connectivity index (χ4v) is 12.5. The average Bonchev–Trinajstić information content (AvgIpc) is 3.31. The van der Waals surface area contributed by atoms with Crippen molar-refractivity contribution in [3.8, 4) is 35.0 Å². The molecule has 0 fully saturated rings. The smallest absolute Gasteiger partial charge is 0.329 e. The van der Waals surface area contributed by atoms with E-state index in [0.717, 1.165) is 84.1 Å². The molecule has 0 radical (unpaired) electrons. The molecule has 2 aliphatic carbocycles. The Labute approximate surface area is 491 Å². The quantitative estimate of drug-likeness (QED) is 0.0639. The van der Waals surface area contributed by atoms with Gasteiger partial charge in [0.1, 0.15) is 23.0 Å². The van der Waals surface area contributed by atoms with E-state index < -0.39 is 12.2 Å². The van der Waals surface area contributed by atoms with Gasteiger partial charge in [0.15, 0.2) is 5.16 Å². The van der Waals surface area contributed by atoms with Crippen LogP contribution in [0.3, 0.4) is 0 Å². The highest BCUT2D eigenvalue weighted by Crippen LogP contribution is 2.56. The lowest BCUT2D eigenvalue weighted by Crippen LogP contribution is -2.49. The summed E-state index contributed by atoms with van der Waals surface area (Å²) in [6.45, 7) is 49.4. The number of unbranched alkanes of at least 4 members (excludes halogenated alkanes) is 7. The molecule has 0 aliphatic heterocycles. The van der Waals surface area contributed by atoms with Gasteiger partial charge in [0.25, 0.3) is 0 Å². The fourth-order valence-electron chi connectivity index (χ4n) is 11.7. The van der Waals surface area contributed by atoms with Crippen LogP contribution < -0.4 is 9.47 Å². The lowest BCUT2D eigenvalue weighted by molar-refractivity contribution is -0.0150. The first-order chi connectivity index (χ1) is 36.8. The standard InChI is InChI=1S/C39H59N3O4S.C31H52O2/c1-14-15-16-17-18-19-20-47-35-41-33(45-25-21-27(36(2,3)4)31(43)28(22-25)37(5,6)7)40-34(42-35)46-26-23-29(38(8,9)10)32(44)30(24-26)39(11,12)13;1-11-13-15-30(28(5,6)7)20-22(3)17-24(26(30)32)19-25-18-23(4)21-31(27(25)33,16-14-12-2)29(8,9)10/h21-24,43-44H,14-20H2,1-13H3;17-18,20-21,26-27,32-33H,11-16,19H2,1-10H3. The number of thioether (sulfide) groups is 1. The van der Waals surface area contributed by atoms with E-state index in [9.17, 15) is 20.4 Å². The van der Waals surface area contributed by atoms with Crippen LogP contribution in [0, 0.1) is 21.7 Å². The first-order valence-electron chi connectivity index (χ1n) is 30.4. The third-order valence-corrected chi connectivity index (χ3v) is 17.6. The Morgan fingerprint density at radius 3 is 1.11 bits per heavy atom. The number of hydrogen-bond donors (Lipinski definition) is 4. The van der Waals surface area contributed by atoms with Crippen LogP contribution in [0.4, 0.5) is 0 Å². The molecule has 0 spiro atoms. The molecule has 80 heavy (non-hydrogen) atoms. The van der Waals surface area contributed by atoms with Crippen LogP contribution >= 0.6 is 11.8 Å². The molecule has 10 heteroatoms. The highest BCUT2D eigenvalue weighted by Gasteiger charge is 2.51. The highest BCUT2D eigenvalue weighted by atomic mass is 32.2. The van der Waals surface area contributed by atoms with Crippen molar-refractivity contribution in [2.75, 3.05) is 5.75 Å². The number of hydrogen-bond acceptors (Lipinski definition) is 10. The zero-order valence-electron chi connectivity index (χ0n) is 54.5. The Kier molecular flexibility index (Phi) is 23.1. The number of benzene rings is 2. The van der Waals surface area contributed by atoms with E-state index in [-0.39, 0.29) is 66.8 Å². The van der Waals surface area contributed by atoms with Crippen molar-refractivity contribution >= 4 is 11.8 Å². The third-order valence-electron chi connectivity index (χ3n) is 16.7. The molecule has 0 saturated carbocycles. The molecule has 9 nitrogen and oxygen atoms in total. The van der Waals surface area contributed by atoms with Gasteiger partial charge in [-0.25, -0.2) is 0 Å². The monoisotopic (exact) mass is 1120 g/mol. The predicted octanol–water partition coefficient (Wildman–Crippen LogP) is 19.8. The summed E-state index contributed by atoms with van der Waals surface area (Å²) >= 11 is 1.57. The zero-order valence-corrected chi connectivity index (χ0v) is 55.3. The lowest BCUT2D eigenvalue weighted by atomic mass is 9.55. The second-order valence-corrected chi connectivity index (χ2v) is 30.8. The number of phenolic OH excluding ortho intramolecular Hbond substituents is 2. The second-order valence-electron chi connectivity index (χ2n) is 29.7. The van der Waals surface area contributed by atoms with Gasteiger partial charge in [-0.3, -0.25) is 0 Å². The summed E-state index contributed by atoms with van der Waals surface area (Å²) in [4.78, 5) is 14.0. The number of allylic oxidation sites excluding steroid dienone is 4. The van der Waals surface area contributed by atoms with Crippen molar-refractivity contribution < 1.29 is 29.9 Å². The molecule has 1 heterocycles. The largest absolute Gasteiger partial charge is 0.507 e. The molecule has 0 amide bonds. The number of aromatic nitrogens is 3. The van der Waals surface area contributed by atoms with E-state index in [1.54, 1.807) is 11.8 Å². The van der Waals surface area contributed by atoms with Crippen LogP contribution in [-0.2, 0) is 21.7 Å². The van der Waals surface area contributed by atoms with Gasteiger partial charge in [0, 0.05) is 38.8 Å². The molecule has 5 rings (SSSR count). The number of nitrogens with zero attached hydrogens (tertiary/aromatic N) is 3. The van der Waals surface area contributed by atoms with E-state index >= 15 is 0 Å². The van der Waals surface area contributed by atoms with Crippen LogP contribution in [0.1, 0.15) is 265 Å². The van der Waals surface area contributed by atoms with Gasteiger partial charge in [-0.1, -0.05) is 250 Å². The molecule has 4 unspecified atom stereocenters. The summed E-state index contributed by atoms with van der Waals surface area (Å²) in [5.41, 5.74) is 5.76. The molecule has 448 valence electrons. The fraction of sp³-hybridized carbons (Fsp3) is 0.671. The van der Waals surface area contributed by atoms with E-state index in [1.807, 2.05) is 24.3 Å². The van der Waals surface area contributed by atoms with Gasteiger partial charge in [-0.15, -0.1) is 4.98 Å². The number of aromatic hydroxyl groups is 2. The number of aliphatic hydroxyl groups excluding tert-OH is 2. The molecule has 2 aromatic carbocycles. The number of aliphatic hydroxyl groups is 2. The molecule has 0 saturated heterocycles. The van der Waals surface area contributed by atoms with E-state index in [1.165, 1.54) is 43.3 Å². The molecule has 2 aliphatic rings. The molecular weight excluding hydrogens is 1010 g/mol. The molecule has 4 atom stereocenters. The Hall–Kier alpha value is -4.12. The minimum Gasteiger partial charge on any atom is -0.507 e. The summed E-state index contributed by atoms with van der Waals surface area (Å²) in [5.74, 6) is 2.51. The molecule has 4 N–H and O–H groups in total. The van der Waals surface area contributed by atoms with Crippen LogP contribution in [0.5, 0.6) is 35.0 Å². The normalized spacial score (nSPS) is 20.3. The third kappa shape index (κ3) is 17.2. The predicted molar refractivity (Wildman–Crippen MR) is 338 cm³/mol. The molecular formula is C70H111N3O6S. The van der Waals surface area contributed by atoms with Crippen LogP contribution in [0.25, 0.3) is 0 Å². The van der Waals surface area contributed by atoms with Gasteiger partial charge in [0.2, 0.25) is 0 Å². The number of ether oxygens (including phenoxy) is 2. The molecule has 0 bridgehead atoms. The SMILES string of the molecule is CCCCC1(C(C)(C)C)C=C(C)C=C(CC2=CC(C)=CC(CCCC)(C(C)(C)C)C2O)C1O.CCCCCCCCSc1nc(Oc2cc(C(C)(C)C)c(O)c(C(C)(C)C)c2)nc(Oc2cc(C(C)(C)C)c(O)c(C(C)(C)C)c2)n1. The van der Waals surface area contributed by atoms with Gasteiger partial charge in [0.05, 0.1) is 12.2 Å². The number of rotatable bonds is 20. The first-order valence-corrected chi connectivity index (χ1v) is 31.4. The Morgan fingerprint density at radius 2 is 0.800 bits per heavy atom. The Morgan fingerprint density at radius 1 is 0.475 bits per heavy atom. The van der Waals surface area contributed by atoms with Crippen molar-refractivity contribution in [2.45, 2.75) is 282 Å². The maximum atomic E-state index is 11.8. The van der Waals surface area contributed by atoms with E-state index in [0.29, 0.717) is 23.1 Å². The Balaban J connectivity index is 0.000000367. The van der Waals surface area contributed by atoms with Crippen molar-refractivity contribution in [1.82, 2.24) is 15.0 Å². The van der Waals surface area contributed by atoms with Crippen molar-refractivity contribution in [2.24, 2.45) is 21.7 Å². The Bertz CT molecular complexity index is 2430. The second kappa shape index (κ2) is 27.1. The zero-order chi connectivity index (χ0) is 60.6. The highest BCUT2D eigenvalue weighted by molar-refractivity contribution is 7.99. The van der Waals surface area contributed by atoms with Crippen molar-refractivity contribution in [1.29, 1.82) is 0 Å². The van der Waals surface area contributed by atoms with Gasteiger partial charge in [-0.2, -0.15) is 9.97 Å². The van der Waals surface area contributed by atoms with Gasteiger partial charge >= 0.3 is 12.0 Å². The maximum absolute atomic E-state index is 11.8. The average molecular weight is 1120 g/mol. The summed E-state index contributed by atoms with van der Waals surface area (Å²) in [6, 6.07) is 7.70. The van der Waals surface area contributed by atoms with Crippen molar-refractivity contribution in [3.05, 3.63) is 93.1 Å². The maximum Gasteiger partial charge on any atom is 0.329 e. The van der Waals surface area contributed by atoms with E-state index in [2.05, 4.69) is 199 Å². The summed E-state index contributed by atoms with van der Waals surface area (Å²) in [5, 5.41) is 46.7. The van der Waals surface area contributed by atoms with Crippen LogP contribution in [0.2, 0.25) is 0 Å². The first kappa shape index (κ1) is 68.4. The molecule has 3 aromatic rings. The van der Waals surface area contributed by atoms with Crippen LogP contribution in [0.15, 0.2) is 76.0 Å². The summed E-state index contributed by atoms with van der Waals surface area (Å²) in [7, 11) is 0. The van der Waals surface area contributed by atoms with Gasteiger partial charge in [-0.05, 0) is 107 Å². The van der Waals surface area contributed by atoms with Crippen LogP contribution in [-0.4, -0.2) is 53.3 Å². The molecule has 1 aromatic heterocycles. The lowest BCUT2D eigenvalue weighted by Gasteiger charge is -2.51. The topological polar surface area (TPSA) is 138 Å². The summed E-state index contributed by atoms with van der Waals surface area (Å²) in [6.07, 6.45) is 22.2. The summed E-state index contributed by atoms with van der Waals surface area (Å²) < 4.78 is 12.7. The van der Waals surface area contributed by atoms with E-state index in [4.69, 9.17) is 9.47 Å². The van der Waals surface area contributed by atoms with Gasteiger partial charge < -0.3 is 29.9 Å². The minimum atomic E-state index is -0.535.